The number of aryl methyl sites for hydroxylation is 1. The lowest BCUT2D eigenvalue weighted by molar-refractivity contribution is 0.863. The number of fused-ring (bicyclic) bond motifs is 1. The molecule has 0 radical (unpaired) electrons. The molecule has 2 aromatic heterocycles. The molecule has 134 valence electrons. The van der Waals surface area contributed by atoms with Crippen molar-refractivity contribution in [3.05, 3.63) is 82.2 Å². The van der Waals surface area contributed by atoms with Crippen molar-refractivity contribution in [3.8, 4) is 5.69 Å². The molecule has 0 aliphatic heterocycles. The van der Waals surface area contributed by atoms with E-state index < -0.39 is 0 Å². The number of hydrogen-bond donors (Lipinski definition) is 1. The van der Waals surface area contributed by atoms with Crippen molar-refractivity contribution in [2.45, 2.75) is 6.92 Å². The SMILES string of the molecule is Cc1nn(-c2ccccc2)c(Cl)c1C=NNc1ccnc2cc(Cl)ccc12. The summed E-state index contributed by atoms with van der Waals surface area (Å²) in [5.74, 6) is 0. The van der Waals surface area contributed by atoms with Crippen LogP contribution in [0, 0.1) is 6.92 Å². The smallest absolute Gasteiger partial charge is 0.142 e. The van der Waals surface area contributed by atoms with Gasteiger partial charge >= 0.3 is 0 Å². The summed E-state index contributed by atoms with van der Waals surface area (Å²) in [5.41, 5.74) is 7.13. The lowest BCUT2D eigenvalue weighted by Gasteiger charge is -2.05. The van der Waals surface area contributed by atoms with E-state index in [-0.39, 0.29) is 0 Å². The van der Waals surface area contributed by atoms with E-state index in [1.165, 1.54) is 0 Å². The van der Waals surface area contributed by atoms with Crippen LogP contribution in [0.1, 0.15) is 11.3 Å². The van der Waals surface area contributed by atoms with Crippen LogP contribution < -0.4 is 5.43 Å². The number of rotatable bonds is 4. The molecule has 0 bridgehead atoms. The zero-order valence-corrected chi connectivity index (χ0v) is 15.9. The number of aromatic nitrogens is 3. The van der Waals surface area contributed by atoms with Gasteiger partial charge in [-0.2, -0.15) is 10.2 Å². The van der Waals surface area contributed by atoms with Gasteiger partial charge in [0, 0.05) is 16.6 Å². The van der Waals surface area contributed by atoms with Crippen molar-refractivity contribution in [1.82, 2.24) is 14.8 Å². The number of para-hydroxylation sites is 1. The predicted octanol–water partition coefficient (Wildman–Crippen LogP) is 5.48. The number of hydrogen-bond acceptors (Lipinski definition) is 4. The molecule has 27 heavy (non-hydrogen) atoms. The molecule has 0 amide bonds. The molecular weight excluding hydrogens is 381 g/mol. The van der Waals surface area contributed by atoms with Crippen LogP contribution in [-0.2, 0) is 0 Å². The van der Waals surface area contributed by atoms with Gasteiger partial charge in [0.1, 0.15) is 5.15 Å². The van der Waals surface area contributed by atoms with Crippen molar-refractivity contribution in [1.29, 1.82) is 0 Å². The number of hydrazone groups is 1. The lowest BCUT2D eigenvalue weighted by atomic mass is 10.2. The highest BCUT2D eigenvalue weighted by Crippen LogP contribution is 2.25. The minimum Gasteiger partial charge on any atom is -0.278 e. The number of nitrogens with one attached hydrogen (secondary N) is 1. The molecule has 1 N–H and O–H groups in total. The minimum absolute atomic E-state index is 0.510. The molecule has 4 rings (SSSR count). The Morgan fingerprint density at radius 3 is 2.70 bits per heavy atom. The molecule has 0 saturated carbocycles. The zero-order valence-electron chi connectivity index (χ0n) is 14.4. The summed E-state index contributed by atoms with van der Waals surface area (Å²) in [6.45, 7) is 1.90. The van der Waals surface area contributed by atoms with Crippen LogP contribution in [0.15, 0.2) is 65.9 Å². The third kappa shape index (κ3) is 3.52. The van der Waals surface area contributed by atoms with Crippen LogP contribution in [0.4, 0.5) is 5.69 Å². The van der Waals surface area contributed by atoms with Crippen molar-refractivity contribution in [3.63, 3.8) is 0 Å². The van der Waals surface area contributed by atoms with Crippen LogP contribution in [0.5, 0.6) is 0 Å². The molecule has 7 heteroatoms. The fourth-order valence-corrected chi connectivity index (χ4v) is 3.27. The molecule has 0 saturated heterocycles. The largest absolute Gasteiger partial charge is 0.278 e. The van der Waals surface area contributed by atoms with Gasteiger partial charge in [-0.25, -0.2) is 4.68 Å². The van der Waals surface area contributed by atoms with Crippen LogP contribution in [0.3, 0.4) is 0 Å². The van der Waals surface area contributed by atoms with Crippen LogP contribution in [0.25, 0.3) is 16.6 Å². The molecule has 4 aromatic rings. The highest BCUT2D eigenvalue weighted by Gasteiger charge is 2.13. The van der Waals surface area contributed by atoms with E-state index >= 15 is 0 Å². The van der Waals surface area contributed by atoms with Crippen LogP contribution >= 0.6 is 23.2 Å². The summed E-state index contributed by atoms with van der Waals surface area (Å²) in [5, 5.41) is 10.9. The molecule has 5 nitrogen and oxygen atoms in total. The van der Waals surface area contributed by atoms with Crippen LogP contribution in [-0.4, -0.2) is 21.0 Å². The van der Waals surface area contributed by atoms with E-state index in [1.807, 2.05) is 61.5 Å². The maximum atomic E-state index is 6.52. The van der Waals surface area contributed by atoms with E-state index in [0.717, 1.165) is 33.5 Å². The fraction of sp³-hybridized carbons (Fsp3) is 0.0500. The highest BCUT2D eigenvalue weighted by atomic mass is 35.5. The molecule has 0 fully saturated rings. The van der Waals surface area contributed by atoms with Gasteiger partial charge in [-0.1, -0.05) is 41.4 Å². The average Bonchev–Trinajstić information content (AvgIpc) is 2.96. The first-order chi connectivity index (χ1) is 13.1. The van der Waals surface area contributed by atoms with Gasteiger partial charge in [0.25, 0.3) is 0 Å². The van der Waals surface area contributed by atoms with Gasteiger partial charge in [0.05, 0.1) is 34.4 Å². The van der Waals surface area contributed by atoms with E-state index in [9.17, 15) is 0 Å². The lowest BCUT2D eigenvalue weighted by Crippen LogP contribution is -1.96. The van der Waals surface area contributed by atoms with Gasteiger partial charge in [0.15, 0.2) is 0 Å². The monoisotopic (exact) mass is 395 g/mol. The van der Waals surface area contributed by atoms with E-state index in [1.54, 1.807) is 17.1 Å². The first-order valence-electron chi connectivity index (χ1n) is 8.27. The van der Waals surface area contributed by atoms with Crippen molar-refractivity contribution >= 4 is 46.0 Å². The Hall–Kier alpha value is -2.89. The van der Waals surface area contributed by atoms with Gasteiger partial charge in [-0.15, -0.1) is 0 Å². The second kappa shape index (κ2) is 7.39. The van der Waals surface area contributed by atoms with Gasteiger partial charge in [-0.3, -0.25) is 10.4 Å². The molecule has 0 spiro atoms. The second-order valence-corrected chi connectivity index (χ2v) is 6.72. The Morgan fingerprint density at radius 1 is 1.07 bits per heavy atom. The Labute approximate surface area is 166 Å². The number of anilines is 1. The average molecular weight is 396 g/mol. The fourth-order valence-electron chi connectivity index (χ4n) is 2.78. The Kier molecular flexibility index (Phi) is 4.79. The third-order valence-corrected chi connectivity index (χ3v) is 4.73. The normalized spacial score (nSPS) is 11.4. The second-order valence-electron chi connectivity index (χ2n) is 5.93. The van der Waals surface area contributed by atoms with E-state index in [0.29, 0.717) is 10.2 Å². The van der Waals surface area contributed by atoms with E-state index in [2.05, 4.69) is 20.6 Å². The Bertz CT molecular complexity index is 1140. The highest BCUT2D eigenvalue weighted by molar-refractivity contribution is 6.32. The summed E-state index contributed by atoms with van der Waals surface area (Å²) in [6, 6.07) is 17.1. The van der Waals surface area contributed by atoms with Gasteiger partial charge in [-0.05, 0) is 43.3 Å². The molecule has 0 aliphatic rings. The van der Waals surface area contributed by atoms with Crippen molar-refractivity contribution in [2.24, 2.45) is 5.10 Å². The number of pyridine rings is 1. The maximum Gasteiger partial charge on any atom is 0.142 e. The molecule has 0 atom stereocenters. The number of benzene rings is 2. The Morgan fingerprint density at radius 2 is 1.89 bits per heavy atom. The number of halogens is 2. The summed E-state index contributed by atoms with van der Waals surface area (Å²) in [4.78, 5) is 4.32. The van der Waals surface area contributed by atoms with Crippen LogP contribution in [0.2, 0.25) is 10.2 Å². The quantitative estimate of drug-likeness (QED) is 0.367. The molecular formula is C20H15Cl2N5. The summed E-state index contributed by atoms with van der Waals surface area (Å²) in [6.07, 6.45) is 3.38. The first-order valence-corrected chi connectivity index (χ1v) is 9.03. The molecule has 2 aromatic carbocycles. The predicted molar refractivity (Wildman–Crippen MR) is 111 cm³/mol. The minimum atomic E-state index is 0.510. The molecule has 0 unspecified atom stereocenters. The molecule has 0 aliphatic carbocycles. The summed E-state index contributed by atoms with van der Waals surface area (Å²) < 4.78 is 1.70. The van der Waals surface area contributed by atoms with Crippen molar-refractivity contribution in [2.75, 3.05) is 5.43 Å². The van der Waals surface area contributed by atoms with Gasteiger partial charge in [0.2, 0.25) is 0 Å². The van der Waals surface area contributed by atoms with Crippen molar-refractivity contribution < 1.29 is 0 Å². The number of nitrogens with zero attached hydrogens (tertiary/aromatic N) is 4. The van der Waals surface area contributed by atoms with E-state index in [4.69, 9.17) is 23.2 Å². The summed E-state index contributed by atoms with van der Waals surface area (Å²) >= 11 is 12.5. The standard InChI is InChI=1S/C20H15Cl2N5/c1-13-17(20(22)27(26-13)15-5-3-2-4-6-15)12-24-25-18-9-10-23-19-11-14(21)7-8-16(18)19/h2-12H,1H3,(H,23,25). The summed E-state index contributed by atoms with van der Waals surface area (Å²) in [7, 11) is 0. The van der Waals surface area contributed by atoms with Gasteiger partial charge < -0.3 is 0 Å². The molecule has 2 heterocycles. The maximum absolute atomic E-state index is 6.52. The third-order valence-electron chi connectivity index (χ3n) is 4.13. The Balaban J connectivity index is 1.62. The zero-order chi connectivity index (χ0) is 18.8. The first kappa shape index (κ1) is 17.5. The topological polar surface area (TPSA) is 55.1 Å².